The molecule has 3 atom stereocenters. The Morgan fingerprint density at radius 2 is 1.75 bits per heavy atom. The monoisotopic (exact) mass is 220 g/mol. The Labute approximate surface area is 98.6 Å². The van der Waals surface area contributed by atoms with E-state index in [9.17, 15) is 5.11 Å². The Bertz CT molecular complexity index is 279. The van der Waals surface area contributed by atoms with Gasteiger partial charge in [-0.05, 0) is 73.5 Å². The number of rotatable bonds is 1. The minimum atomic E-state index is 0.379. The van der Waals surface area contributed by atoms with Crippen LogP contribution in [0, 0.1) is 28.6 Å². The summed E-state index contributed by atoms with van der Waals surface area (Å²) in [6.07, 6.45) is 13.1. The molecule has 4 bridgehead atoms. The maximum absolute atomic E-state index is 9.97. The molecular formula is C15H24O. The number of aliphatic hydroxyl groups excluding tert-OH is 1. The highest BCUT2D eigenvalue weighted by Crippen LogP contribution is 2.71. The second-order valence-corrected chi connectivity index (χ2v) is 7.47. The third kappa shape index (κ3) is 1.06. The van der Waals surface area contributed by atoms with Gasteiger partial charge in [0.25, 0.3) is 0 Å². The third-order valence-electron chi connectivity index (χ3n) is 6.66. The van der Waals surface area contributed by atoms with Crippen LogP contribution in [-0.2, 0) is 0 Å². The van der Waals surface area contributed by atoms with Gasteiger partial charge < -0.3 is 5.11 Å². The molecule has 90 valence electrons. The van der Waals surface area contributed by atoms with Crippen LogP contribution < -0.4 is 0 Å². The Morgan fingerprint density at radius 3 is 2.44 bits per heavy atom. The van der Waals surface area contributed by atoms with Crippen molar-refractivity contribution in [2.24, 2.45) is 28.6 Å². The van der Waals surface area contributed by atoms with E-state index in [-0.39, 0.29) is 0 Å². The molecule has 1 nitrogen and oxygen atoms in total. The summed E-state index contributed by atoms with van der Waals surface area (Å²) in [4.78, 5) is 0. The molecule has 5 saturated carbocycles. The molecule has 0 radical (unpaired) electrons. The maximum atomic E-state index is 9.97. The van der Waals surface area contributed by atoms with E-state index in [1.54, 1.807) is 0 Å². The molecule has 0 aliphatic heterocycles. The summed E-state index contributed by atoms with van der Waals surface area (Å²) in [5.41, 5.74) is 1.08. The van der Waals surface area contributed by atoms with E-state index in [0.29, 0.717) is 17.4 Å². The average molecular weight is 220 g/mol. The van der Waals surface area contributed by atoms with Gasteiger partial charge in [0, 0.05) is 6.61 Å². The van der Waals surface area contributed by atoms with Gasteiger partial charge in [0.15, 0.2) is 0 Å². The van der Waals surface area contributed by atoms with Crippen molar-refractivity contribution in [1.82, 2.24) is 0 Å². The molecule has 0 saturated heterocycles. The molecule has 16 heavy (non-hydrogen) atoms. The molecule has 5 aliphatic carbocycles. The van der Waals surface area contributed by atoms with Crippen molar-refractivity contribution in [3.8, 4) is 0 Å². The molecule has 0 aromatic rings. The molecular weight excluding hydrogens is 196 g/mol. The lowest BCUT2D eigenvalue weighted by molar-refractivity contribution is -0.197. The topological polar surface area (TPSA) is 20.2 Å². The summed E-state index contributed by atoms with van der Waals surface area (Å²) in [6.45, 7) is 0.492. The van der Waals surface area contributed by atoms with Crippen molar-refractivity contribution in [2.75, 3.05) is 6.61 Å². The minimum absolute atomic E-state index is 0.379. The van der Waals surface area contributed by atoms with Crippen LogP contribution >= 0.6 is 0 Å². The summed E-state index contributed by atoms with van der Waals surface area (Å²) in [7, 11) is 0. The van der Waals surface area contributed by atoms with Crippen molar-refractivity contribution < 1.29 is 5.11 Å². The normalized spacial score (nSPS) is 58.7. The highest BCUT2D eigenvalue weighted by Gasteiger charge is 2.63. The zero-order valence-corrected chi connectivity index (χ0v) is 10.3. The lowest BCUT2D eigenvalue weighted by Gasteiger charge is -2.68. The van der Waals surface area contributed by atoms with Crippen LogP contribution in [0.2, 0.25) is 0 Å². The van der Waals surface area contributed by atoms with Crippen LogP contribution in [0.25, 0.3) is 0 Å². The Balaban J connectivity index is 1.79. The van der Waals surface area contributed by atoms with Crippen LogP contribution in [0.15, 0.2) is 0 Å². The fourth-order valence-electron chi connectivity index (χ4n) is 6.69. The van der Waals surface area contributed by atoms with E-state index in [2.05, 4.69) is 0 Å². The van der Waals surface area contributed by atoms with Crippen LogP contribution in [0.1, 0.15) is 57.8 Å². The largest absolute Gasteiger partial charge is 0.396 e. The van der Waals surface area contributed by atoms with E-state index in [0.717, 1.165) is 17.8 Å². The van der Waals surface area contributed by atoms with E-state index in [1.807, 2.05) is 0 Å². The first kappa shape index (κ1) is 9.94. The van der Waals surface area contributed by atoms with Crippen molar-refractivity contribution in [3.63, 3.8) is 0 Å². The number of hydrogen-bond donors (Lipinski definition) is 1. The van der Waals surface area contributed by atoms with Crippen LogP contribution in [0.3, 0.4) is 0 Å². The fraction of sp³-hybridized carbons (Fsp3) is 1.00. The average Bonchev–Trinajstić information content (AvgIpc) is 2.27. The van der Waals surface area contributed by atoms with Crippen LogP contribution in [0.5, 0.6) is 0 Å². The van der Waals surface area contributed by atoms with Crippen LogP contribution in [0.4, 0.5) is 0 Å². The van der Waals surface area contributed by atoms with Gasteiger partial charge in [0.1, 0.15) is 0 Å². The van der Waals surface area contributed by atoms with Crippen molar-refractivity contribution in [3.05, 3.63) is 0 Å². The second-order valence-electron chi connectivity index (χ2n) is 7.47. The molecule has 5 fully saturated rings. The van der Waals surface area contributed by atoms with Gasteiger partial charge in [-0.15, -0.1) is 0 Å². The standard InChI is InChI=1S/C15H24O/c16-10-15-8-11-5-12(9-15)7-14(6-11)4-2-1-3-13(14)15/h11-13,16H,1-10H2. The van der Waals surface area contributed by atoms with Crippen molar-refractivity contribution in [2.45, 2.75) is 57.8 Å². The highest BCUT2D eigenvalue weighted by atomic mass is 16.3. The Kier molecular flexibility index (Phi) is 1.89. The summed E-state index contributed by atoms with van der Waals surface area (Å²) < 4.78 is 0. The molecule has 0 heterocycles. The minimum Gasteiger partial charge on any atom is -0.396 e. The second kappa shape index (κ2) is 3.04. The first-order valence-corrected chi connectivity index (χ1v) is 7.37. The number of aliphatic hydroxyl groups is 1. The van der Waals surface area contributed by atoms with Crippen molar-refractivity contribution in [1.29, 1.82) is 0 Å². The van der Waals surface area contributed by atoms with Gasteiger partial charge in [-0.1, -0.05) is 12.8 Å². The first-order chi connectivity index (χ1) is 7.76. The summed E-state index contributed by atoms with van der Waals surface area (Å²) in [5, 5.41) is 9.97. The Morgan fingerprint density at radius 1 is 1.00 bits per heavy atom. The SMILES string of the molecule is OCC12CC3CC(C1)CC1(CCCCC21)C3. The van der Waals surface area contributed by atoms with E-state index in [4.69, 9.17) is 0 Å². The van der Waals surface area contributed by atoms with E-state index < -0.39 is 0 Å². The van der Waals surface area contributed by atoms with Gasteiger partial charge in [0.2, 0.25) is 0 Å². The van der Waals surface area contributed by atoms with E-state index in [1.165, 1.54) is 57.8 Å². The molecule has 0 aromatic carbocycles. The van der Waals surface area contributed by atoms with Gasteiger partial charge in [-0.25, -0.2) is 0 Å². The molecule has 0 aromatic heterocycles. The summed E-state index contributed by atoms with van der Waals surface area (Å²) in [5.74, 6) is 2.86. The highest BCUT2D eigenvalue weighted by molar-refractivity contribution is 5.12. The predicted octanol–water partition coefficient (Wildman–Crippen LogP) is 3.37. The van der Waals surface area contributed by atoms with Gasteiger partial charge in [-0.2, -0.15) is 0 Å². The maximum Gasteiger partial charge on any atom is 0.0490 e. The fourth-order valence-corrected chi connectivity index (χ4v) is 6.69. The zero-order valence-electron chi connectivity index (χ0n) is 10.3. The molecule has 3 unspecified atom stereocenters. The molecule has 1 heteroatoms. The van der Waals surface area contributed by atoms with Crippen molar-refractivity contribution >= 4 is 0 Å². The molecule has 5 rings (SSSR count). The lowest BCUT2D eigenvalue weighted by Crippen LogP contribution is -2.60. The Hall–Kier alpha value is -0.0400. The molecule has 0 amide bonds. The predicted molar refractivity (Wildman–Crippen MR) is 64.0 cm³/mol. The third-order valence-corrected chi connectivity index (χ3v) is 6.66. The van der Waals surface area contributed by atoms with Gasteiger partial charge in [-0.3, -0.25) is 0 Å². The summed E-state index contributed by atoms with van der Waals surface area (Å²) >= 11 is 0. The summed E-state index contributed by atoms with van der Waals surface area (Å²) in [6, 6.07) is 0. The molecule has 5 aliphatic rings. The van der Waals surface area contributed by atoms with Crippen LogP contribution in [-0.4, -0.2) is 11.7 Å². The smallest absolute Gasteiger partial charge is 0.0490 e. The van der Waals surface area contributed by atoms with Gasteiger partial charge >= 0.3 is 0 Å². The van der Waals surface area contributed by atoms with Gasteiger partial charge in [0.05, 0.1) is 0 Å². The number of hydrogen-bond acceptors (Lipinski definition) is 1. The van der Waals surface area contributed by atoms with E-state index >= 15 is 0 Å². The lowest BCUT2D eigenvalue weighted by atomic mass is 9.37. The quantitative estimate of drug-likeness (QED) is 0.718. The first-order valence-electron chi connectivity index (χ1n) is 7.37. The zero-order chi connectivity index (χ0) is 10.8. The molecule has 1 spiro atoms. The molecule has 1 N–H and O–H groups in total.